The lowest BCUT2D eigenvalue weighted by molar-refractivity contribution is 0.102. The van der Waals surface area contributed by atoms with Gasteiger partial charge in [-0.15, -0.1) is 0 Å². The first-order chi connectivity index (χ1) is 9.65. The summed E-state index contributed by atoms with van der Waals surface area (Å²) in [7, 11) is 1.52. The first-order valence-corrected chi connectivity index (χ1v) is 6.12. The highest BCUT2D eigenvalue weighted by Gasteiger charge is 2.13. The summed E-state index contributed by atoms with van der Waals surface area (Å²) in [5.74, 6) is 0.0566. The molecule has 0 unspecified atom stereocenters. The smallest absolute Gasteiger partial charge is 0.259 e. The molecule has 0 saturated carbocycles. The van der Waals surface area contributed by atoms with E-state index in [9.17, 15) is 9.90 Å². The van der Waals surface area contributed by atoms with Crippen LogP contribution in [0.4, 0.5) is 5.69 Å². The Kier molecular flexibility index (Phi) is 4.22. The van der Waals surface area contributed by atoms with Crippen molar-refractivity contribution in [2.24, 2.45) is 5.73 Å². The molecule has 5 heteroatoms. The SMILES string of the molecule is COc1cc(CN)ccc1NC(=O)c1ccccc1O. The van der Waals surface area contributed by atoms with E-state index in [1.165, 1.54) is 13.2 Å². The van der Waals surface area contributed by atoms with Gasteiger partial charge in [-0.1, -0.05) is 18.2 Å². The van der Waals surface area contributed by atoms with Crippen LogP contribution in [0.3, 0.4) is 0 Å². The molecule has 0 fully saturated rings. The number of rotatable bonds is 4. The molecule has 0 heterocycles. The summed E-state index contributed by atoms with van der Waals surface area (Å²) in [5, 5.41) is 12.4. The predicted octanol–water partition coefficient (Wildman–Crippen LogP) is 2.11. The maximum absolute atomic E-state index is 12.1. The maximum atomic E-state index is 12.1. The molecule has 20 heavy (non-hydrogen) atoms. The molecular formula is C15H16N2O3. The quantitative estimate of drug-likeness (QED) is 0.795. The molecule has 4 N–H and O–H groups in total. The number of phenolic OH excluding ortho intramolecular Hbond substituents is 1. The average Bonchev–Trinajstić information content (AvgIpc) is 2.48. The van der Waals surface area contributed by atoms with E-state index in [-0.39, 0.29) is 11.3 Å². The van der Waals surface area contributed by atoms with Gasteiger partial charge in [-0.2, -0.15) is 0 Å². The van der Waals surface area contributed by atoms with Crippen molar-refractivity contribution in [1.29, 1.82) is 0 Å². The minimum Gasteiger partial charge on any atom is -0.507 e. The fourth-order valence-electron chi connectivity index (χ4n) is 1.82. The molecule has 2 aromatic rings. The van der Waals surface area contributed by atoms with Gasteiger partial charge in [0, 0.05) is 6.54 Å². The normalized spacial score (nSPS) is 10.1. The number of amides is 1. The number of carbonyl (C=O) groups excluding carboxylic acids is 1. The van der Waals surface area contributed by atoms with Crippen LogP contribution in [0, 0.1) is 0 Å². The minimum atomic E-state index is -0.401. The highest BCUT2D eigenvalue weighted by atomic mass is 16.5. The molecule has 0 aliphatic rings. The molecule has 0 aromatic heterocycles. The second-order valence-corrected chi connectivity index (χ2v) is 4.21. The van der Waals surface area contributed by atoms with Gasteiger partial charge in [-0.3, -0.25) is 4.79 Å². The summed E-state index contributed by atoms with van der Waals surface area (Å²) in [6.07, 6.45) is 0. The van der Waals surface area contributed by atoms with Crippen molar-refractivity contribution in [3.8, 4) is 11.5 Å². The Hall–Kier alpha value is -2.53. The van der Waals surface area contributed by atoms with Gasteiger partial charge in [0.05, 0.1) is 18.4 Å². The number of ether oxygens (including phenoxy) is 1. The van der Waals surface area contributed by atoms with Crippen LogP contribution in [0.15, 0.2) is 42.5 Å². The van der Waals surface area contributed by atoms with Gasteiger partial charge in [0.2, 0.25) is 0 Å². The number of nitrogens with one attached hydrogen (secondary N) is 1. The van der Waals surface area contributed by atoms with Crippen LogP contribution in [0.2, 0.25) is 0 Å². The van der Waals surface area contributed by atoms with Crippen LogP contribution in [0.25, 0.3) is 0 Å². The van der Waals surface area contributed by atoms with Crippen LogP contribution in [-0.2, 0) is 6.54 Å². The molecular weight excluding hydrogens is 256 g/mol. The van der Waals surface area contributed by atoms with Crippen molar-refractivity contribution in [2.45, 2.75) is 6.54 Å². The summed E-state index contributed by atoms with van der Waals surface area (Å²) in [6.45, 7) is 0.393. The highest BCUT2D eigenvalue weighted by molar-refractivity contribution is 6.06. The van der Waals surface area contributed by atoms with E-state index < -0.39 is 5.91 Å². The van der Waals surface area contributed by atoms with Crippen LogP contribution in [-0.4, -0.2) is 18.1 Å². The number of phenols is 1. The van der Waals surface area contributed by atoms with E-state index in [2.05, 4.69) is 5.32 Å². The number of hydrogen-bond acceptors (Lipinski definition) is 4. The van der Waals surface area contributed by atoms with Crippen molar-refractivity contribution in [3.63, 3.8) is 0 Å². The van der Waals surface area contributed by atoms with Crippen molar-refractivity contribution in [1.82, 2.24) is 0 Å². The zero-order chi connectivity index (χ0) is 14.5. The van der Waals surface area contributed by atoms with Crippen LogP contribution < -0.4 is 15.8 Å². The highest BCUT2D eigenvalue weighted by Crippen LogP contribution is 2.27. The zero-order valence-corrected chi connectivity index (χ0v) is 11.1. The number of aromatic hydroxyl groups is 1. The van der Waals surface area contributed by atoms with Crippen molar-refractivity contribution in [3.05, 3.63) is 53.6 Å². The fourth-order valence-corrected chi connectivity index (χ4v) is 1.82. The number of para-hydroxylation sites is 1. The Bertz CT molecular complexity index is 626. The first-order valence-electron chi connectivity index (χ1n) is 6.12. The molecule has 0 atom stereocenters. The van der Waals surface area contributed by atoms with E-state index in [1.807, 2.05) is 6.07 Å². The summed E-state index contributed by atoms with van der Waals surface area (Å²) >= 11 is 0. The van der Waals surface area contributed by atoms with Crippen LogP contribution >= 0.6 is 0 Å². The molecule has 0 spiro atoms. The first kappa shape index (κ1) is 13.9. The van der Waals surface area contributed by atoms with E-state index >= 15 is 0 Å². The van der Waals surface area contributed by atoms with Crippen LogP contribution in [0.1, 0.15) is 15.9 Å². The van der Waals surface area contributed by atoms with E-state index in [4.69, 9.17) is 10.5 Å². The van der Waals surface area contributed by atoms with Gasteiger partial charge in [0.25, 0.3) is 5.91 Å². The second-order valence-electron chi connectivity index (χ2n) is 4.21. The molecule has 2 aromatic carbocycles. The van der Waals surface area contributed by atoms with Crippen molar-refractivity contribution < 1.29 is 14.6 Å². The third kappa shape index (κ3) is 2.89. The monoisotopic (exact) mass is 272 g/mol. The number of methoxy groups -OCH3 is 1. The Morgan fingerprint density at radius 2 is 2.05 bits per heavy atom. The predicted molar refractivity (Wildman–Crippen MR) is 76.9 cm³/mol. The van der Waals surface area contributed by atoms with Gasteiger partial charge in [0.1, 0.15) is 11.5 Å². The molecule has 5 nitrogen and oxygen atoms in total. The second kappa shape index (κ2) is 6.08. The summed E-state index contributed by atoms with van der Waals surface area (Å²) in [5.41, 5.74) is 7.20. The molecule has 0 aliphatic carbocycles. The Labute approximate surface area is 117 Å². The number of carbonyl (C=O) groups is 1. The Morgan fingerprint density at radius 3 is 2.70 bits per heavy atom. The van der Waals surface area contributed by atoms with E-state index in [0.717, 1.165) is 5.56 Å². The van der Waals surface area contributed by atoms with Gasteiger partial charge in [-0.25, -0.2) is 0 Å². The number of anilines is 1. The molecule has 2 rings (SSSR count). The molecule has 0 radical (unpaired) electrons. The summed E-state index contributed by atoms with van der Waals surface area (Å²) < 4.78 is 5.22. The van der Waals surface area contributed by atoms with Gasteiger partial charge < -0.3 is 20.9 Å². The van der Waals surface area contributed by atoms with E-state index in [0.29, 0.717) is 18.0 Å². The van der Waals surface area contributed by atoms with Crippen molar-refractivity contribution >= 4 is 11.6 Å². The maximum Gasteiger partial charge on any atom is 0.259 e. The third-order valence-electron chi connectivity index (χ3n) is 2.90. The largest absolute Gasteiger partial charge is 0.507 e. The summed E-state index contributed by atoms with van der Waals surface area (Å²) in [4.78, 5) is 12.1. The van der Waals surface area contributed by atoms with Gasteiger partial charge >= 0.3 is 0 Å². The summed E-state index contributed by atoms with van der Waals surface area (Å²) in [6, 6.07) is 11.6. The van der Waals surface area contributed by atoms with Gasteiger partial charge in [-0.05, 0) is 29.8 Å². The number of benzene rings is 2. The minimum absolute atomic E-state index is 0.0671. The lowest BCUT2D eigenvalue weighted by Gasteiger charge is -2.12. The molecule has 1 amide bonds. The van der Waals surface area contributed by atoms with E-state index in [1.54, 1.807) is 30.3 Å². The molecule has 104 valence electrons. The molecule has 0 aliphatic heterocycles. The Balaban J connectivity index is 2.26. The Morgan fingerprint density at radius 1 is 1.30 bits per heavy atom. The molecule has 0 saturated heterocycles. The molecule has 0 bridgehead atoms. The fraction of sp³-hybridized carbons (Fsp3) is 0.133. The zero-order valence-electron chi connectivity index (χ0n) is 11.1. The topological polar surface area (TPSA) is 84.6 Å². The number of nitrogens with two attached hydrogens (primary N) is 1. The lowest BCUT2D eigenvalue weighted by Crippen LogP contribution is -2.13. The number of hydrogen-bond donors (Lipinski definition) is 3. The average molecular weight is 272 g/mol. The standard InChI is InChI=1S/C15H16N2O3/c1-20-14-8-10(9-16)6-7-12(14)17-15(19)11-4-2-3-5-13(11)18/h2-8,18H,9,16H2,1H3,(H,17,19). The van der Waals surface area contributed by atoms with Gasteiger partial charge in [0.15, 0.2) is 0 Å². The van der Waals surface area contributed by atoms with Crippen molar-refractivity contribution in [2.75, 3.05) is 12.4 Å². The van der Waals surface area contributed by atoms with Crippen LogP contribution in [0.5, 0.6) is 11.5 Å². The third-order valence-corrected chi connectivity index (χ3v) is 2.90. The lowest BCUT2D eigenvalue weighted by atomic mass is 10.1.